The highest BCUT2D eigenvalue weighted by molar-refractivity contribution is 6.36. The molecule has 3 rings (SSSR count). The predicted molar refractivity (Wildman–Crippen MR) is 103 cm³/mol. The van der Waals surface area contributed by atoms with Gasteiger partial charge in [-0.15, -0.1) is 0 Å². The van der Waals surface area contributed by atoms with E-state index in [1.165, 1.54) is 48.5 Å². The number of ether oxygens (including phenoxy) is 1. The summed E-state index contributed by atoms with van der Waals surface area (Å²) in [5.74, 6) is -1.92. The van der Waals surface area contributed by atoms with Gasteiger partial charge in [0.25, 0.3) is 0 Å². The van der Waals surface area contributed by atoms with Gasteiger partial charge in [-0.3, -0.25) is 9.59 Å². The van der Waals surface area contributed by atoms with Crippen LogP contribution in [-0.2, 0) is 0 Å². The van der Waals surface area contributed by atoms with E-state index in [4.69, 9.17) is 27.9 Å². The van der Waals surface area contributed by atoms with Crippen LogP contribution in [0.25, 0.3) is 0 Å². The first-order valence-electron chi connectivity index (χ1n) is 7.96. The maximum atomic E-state index is 13.2. The molecule has 0 radical (unpaired) electrons. The maximum Gasteiger partial charge on any atom is 0.345 e. The number of halogens is 3. The molecule has 3 aromatic rings. The van der Waals surface area contributed by atoms with Gasteiger partial charge in [-0.05, 0) is 60.7 Å². The van der Waals surface area contributed by atoms with E-state index < -0.39 is 17.6 Å². The number of carbonyl (C=O) groups is 3. The van der Waals surface area contributed by atoms with Crippen LogP contribution in [0.5, 0.6) is 5.75 Å². The van der Waals surface area contributed by atoms with Crippen molar-refractivity contribution in [3.05, 3.63) is 98.8 Å². The van der Waals surface area contributed by atoms with Crippen molar-refractivity contribution >= 4 is 41.2 Å². The van der Waals surface area contributed by atoms with Crippen LogP contribution in [-0.4, -0.2) is 18.0 Å². The number of hydrogen-bond acceptors (Lipinski definition) is 4. The van der Waals surface area contributed by atoms with Gasteiger partial charge in [-0.25, -0.2) is 9.18 Å². The number of esters is 1. The van der Waals surface area contributed by atoms with Crippen molar-refractivity contribution in [2.24, 2.45) is 0 Å². The van der Waals surface area contributed by atoms with E-state index in [0.29, 0.717) is 11.3 Å². The zero-order valence-corrected chi connectivity index (χ0v) is 15.6. The number of aldehydes is 1. The quantitative estimate of drug-likeness (QED) is 0.242. The first-order valence-corrected chi connectivity index (χ1v) is 8.72. The summed E-state index contributed by atoms with van der Waals surface area (Å²) >= 11 is 12.0. The molecule has 0 aliphatic heterocycles. The Morgan fingerprint density at radius 1 is 0.857 bits per heavy atom. The fourth-order valence-electron chi connectivity index (χ4n) is 2.54. The third-order valence-corrected chi connectivity index (χ3v) is 4.44. The van der Waals surface area contributed by atoms with Crippen LogP contribution in [0.3, 0.4) is 0 Å². The third-order valence-electron chi connectivity index (χ3n) is 3.88. The average Bonchev–Trinajstić information content (AvgIpc) is 2.69. The molecular formula is C21H11Cl2FO4. The molecule has 7 heteroatoms. The fraction of sp³-hybridized carbons (Fsp3) is 0. The Morgan fingerprint density at radius 2 is 1.50 bits per heavy atom. The minimum absolute atomic E-state index is 0.0389. The summed E-state index contributed by atoms with van der Waals surface area (Å²) in [6.45, 7) is 0. The van der Waals surface area contributed by atoms with Crippen LogP contribution in [0.1, 0.15) is 36.6 Å². The highest BCUT2D eigenvalue weighted by Gasteiger charge is 2.26. The summed E-state index contributed by atoms with van der Waals surface area (Å²) in [5.41, 5.74) is -0.427. The van der Waals surface area contributed by atoms with E-state index in [-0.39, 0.29) is 33.0 Å². The molecule has 0 aliphatic rings. The SMILES string of the molecule is O=Cc1ccc(Cl)c(C(=O)c2ccc(F)cc2)c1C(=O)Oc1ccc(Cl)cc1. The van der Waals surface area contributed by atoms with Crippen LogP contribution >= 0.6 is 23.2 Å². The summed E-state index contributed by atoms with van der Waals surface area (Å²) in [6, 6.07) is 13.4. The number of hydrogen-bond donors (Lipinski definition) is 0. The minimum atomic E-state index is -0.933. The Labute approximate surface area is 169 Å². The first kappa shape index (κ1) is 19.7. The molecule has 0 atom stereocenters. The molecule has 0 N–H and O–H groups in total. The fourth-order valence-corrected chi connectivity index (χ4v) is 2.91. The summed E-state index contributed by atoms with van der Waals surface area (Å²) < 4.78 is 18.4. The summed E-state index contributed by atoms with van der Waals surface area (Å²) in [6.07, 6.45) is 0.427. The van der Waals surface area contributed by atoms with Crippen molar-refractivity contribution in [3.8, 4) is 5.75 Å². The van der Waals surface area contributed by atoms with Crippen molar-refractivity contribution in [1.82, 2.24) is 0 Å². The van der Waals surface area contributed by atoms with E-state index in [2.05, 4.69) is 0 Å². The van der Waals surface area contributed by atoms with Crippen molar-refractivity contribution in [1.29, 1.82) is 0 Å². The van der Waals surface area contributed by atoms with Gasteiger partial charge in [0, 0.05) is 16.1 Å². The van der Waals surface area contributed by atoms with E-state index >= 15 is 0 Å². The Bertz CT molecular complexity index is 1060. The van der Waals surface area contributed by atoms with Gasteiger partial charge in [0.1, 0.15) is 11.6 Å². The van der Waals surface area contributed by atoms with Gasteiger partial charge in [0.2, 0.25) is 0 Å². The Hall–Kier alpha value is -3.02. The predicted octanol–water partition coefficient (Wildman–Crippen LogP) is 5.40. The second-order valence-electron chi connectivity index (χ2n) is 5.68. The molecule has 4 nitrogen and oxygen atoms in total. The average molecular weight is 417 g/mol. The van der Waals surface area contributed by atoms with E-state index in [0.717, 1.165) is 12.1 Å². The zero-order valence-electron chi connectivity index (χ0n) is 14.1. The summed E-state index contributed by atoms with van der Waals surface area (Å²) in [7, 11) is 0. The van der Waals surface area contributed by atoms with Gasteiger partial charge in [-0.1, -0.05) is 23.2 Å². The van der Waals surface area contributed by atoms with Gasteiger partial charge >= 0.3 is 5.97 Å². The van der Waals surface area contributed by atoms with E-state index in [1.54, 1.807) is 0 Å². The molecule has 0 unspecified atom stereocenters. The van der Waals surface area contributed by atoms with Crippen LogP contribution < -0.4 is 4.74 Å². The van der Waals surface area contributed by atoms with E-state index in [9.17, 15) is 18.8 Å². The van der Waals surface area contributed by atoms with Gasteiger partial charge in [-0.2, -0.15) is 0 Å². The highest BCUT2D eigenvalue weighted by atomic mass is 35.5. The lowest BCUT2D eigenvalue weighted by Gasteiger charge is -2.13. The lowest BCUT2D eigenvalue weighted by atomic mass is 9.94. The van der Waals surface area contributed by atoms with Gasteiger partial charge in [0.05, 0.1) is 16.1 Å². The second kappa shape index (κ2) is 8.33. The lowest BCUT2D eigenvalue weighted by molar-refractivity contribution is 0.0727. The molecule has 0 saturated carbocycles. The van der Waals surface area contributed by atoms with Crippen molar-refractivity contribution < 1.29 is 23.5 Å². The highest BCUT2D eigenvalue weighted by Crippen LogP contribution is 2.28. The zero-order chi connectivity index (χ0) is 20.3. The lowest BCUT2D eigenvalue weighted by Crippen LogP contribution is -2.18. The molecule has 0 fully saturated rings. The molecule has 0 saturated heterocycles. The number of ketones is 1. The number of carbonyl (C=O) groups excluding carboxylic acids is 3. The molecule has 3 aromatic carbocycles. The minimum Gasteiger partial charge on any atom is -0.423 e. The Balaban J connectivity index is 2.08. The van der Waals surface area contributed by atoms with Gasteiger partial charge < -0.3 is 4.74 Å². The molecule has 0 aromatic heterocycles. The molecule has 0 aliphatic carbocycles. The number of benzene rings is 3. The van der Waals surface area contributed by atoms with Crippen LogP contribution in [0, 0.1) is 5.82 Å². The molecule has 0 amide bonds. The maximum absolute atomic E-state index is 13.2. The molecule has 0 spiro atoms. The molecule has 0 heterocycles. The second-order valence-corrected chi connectivity index (χ2v) is 6.53. The van der Waals surface area contributed by atoms with E-state index in [1.807, 2.05) is 0 Å². The molecular weight excluding hydrogens is 406 g/mol. The van der Waals surface area contributed by atoms with Crippen LogP contribution in [0.2, 0.25) is 10.0 Å². The Morgan fingerprint density at radius 3 is 2.11 bits per heavy atom. The smallest absolute Gasteiger partial charge is 0.345 e. The normalized spacial score (nSPS) is 10.4. The monoisotopic (exact) mass is 416 g/mol. The largest absolute Gasteiger partial charge is 0.423 e. The third kappa shape index (κ3) is 4.11. The molecule has 28 heavy (non-hydrogen) atoms. The van der Waals surface area contributed by atoms with Crippen molar-refractivity contribution in [2.75, 3.05) is 0 Å². The summed E-state index contributed by atoms with van der Waals surface area (Å²) in [4.78, 5) is 37.1. The first-order chi connectivity index (χ1) is 13.4. The van der Waals surface area contributed by atoms with Crippen molar-refractivity contribution in [3.63, 3.8) is 0 Å². The Kier molecular flexibility index (Phi) is 5.87. The topological polar surface area (TPSA) is 60.4 Å². The number of rotatable bonds is 5. The summed E-state index contributed by atoms with van der Waals surface area (Å²) in [5, 5.41) is 0.409. The van der Waals surface area contributed by atoms with Crippen LogP contribution in [0.4, 0.5) is 4.39 Å². The van der Waals surface area contributed by atoms with Gasteiger partial charge in [0.15, 0.2) is 12.1 Å². The molecule has 140 valence electrons. The van der Waals surface area contributed by atoms with Crippen molar-refractivity contribution in [2.45, 2.75) is 0 Å². The molecule has 0 bridgehead atoms. The van der Waals surface area contributed by atoms with Crippen LogP contribution in [0.15, 0.2) is 60.7 Å². The standard InChI is InChI=1S/C21H11Cl2FO4/c22-14-4-8-16(9-5-14)28-21(27)18-13(11-25)3-10-17(23)19(18)20(26)12-1-6-15(24)7-2-12/h1-11H.